The highest BCUT2D eigenvalue weighted by Crippen LogP contribution is 2.27. The number of benzene rings is 1. The minimum absolute atomic E-state index is 0.204. The number of H-pyrrole nitrogens is 1. The maximum atomic E-state index is 11.7. The fourth-order valence-electron chi connectivity index (χ4n) is 1.73. The van der Waals surface area contributed by atoms with Gasteiger partial charge in [-0.05, 0) is 26.0 Å². The summed E-state index contributed by atoms with van der Waals surface area (Å²) in [5.41, 5.74) is 0.471. The molecule has 1 aromatic carbocycles. The molecule has 0 radical (unpaired) electrons. The first-order valence-electron chi connectivity index (χ1n) is 5.92. The first kappa shape index (κ1) is 12.3. The quantitative estimate of drug-likeness (QED) is 0.880. The number of hydrogen-bond donors (Lipinski definition) is 1. The van der Waals surface area contributed by atoms with E-state index in [0.29, 0.717) is 30.4 Å². The highest BCUT2D eigenvalue weighted by molar-refractivity contribution is 5.51. The van der Waals surface area contributed by atoms with Crippen LogP contribution in [0.5, 0.6) is 11.5 Å². The third-order valence-corrected chi connectivity index (χ3v) is 2.45. The normalized spacial score (nSPS) is 10.3. The molecule has 0 aliphatic carbocycles. The lowest BCUT2D eigenvalue weighted by Crippen LogP contribution is -2.15. The van der Waals surface area contributed by atoms with Crippen molar-refractivity contribution in [3.8, 4) is 17.2 Å². The molecule has 18 heavy (non-hydrogen) atoms. The minimum atomic E-state index is -0.204. The van der Waals surface area contributed by atoms with Crippen LogP contribution in [0.1, 0.15) is 13.8 Å². The Morgan fingerprint density at radius 2 is 2.00 bits per heavy atom. The highest BCUT2D eigenvalue weighted by atomic mass is 16.5. The van der Waals surface area contributed by atoms with E-state index >= 15 is 0 Å². The van der Waals surface area contributed by atoms with E-state index in [1.165, 1.54) is 4.57 Å². The van der Waals surface area contributed by atoms with Crippen LogP contribution in [-0.2, 0) is 0 Å². The van der Waals surface area contributed by atoms with Gasteiger partial charge in [0.25, 0.3) is 0 Å². The first-order chi connectivity index (χ1) is 8.76. The number of imidazole rings is 1. The van der Waals surface area contributed by atoms with Gasteiger partial charge in [-0.3, -0.25) is 4.57 Å². The molecule has 1 heterocycles. The Kier molecular flexibility index (Phi) is 3.72. The van der Waals surface area contributed by atoms with Gasteiger partial charge in [0, 0.05) is 18.5 Å². The van der Waals surface area contributed by atoms with Crippen molar-refractivity contribution in [1.82, 2.24) is 9.55 Å². The molecule has 0 saturated carbocycles. The lowest BCUT2D eigenvalue weighted by Gasteiger charge is -2.12. The maximum absolute atomic E-state index is 11.7. The fraction of sp³-hybridized carbons (Fsp3) is 0.308. The monoisotopic (exact) mass is 248 g/mol. The largest absolute Gasteiger partial charge is 0.494 e. The lowest BCUT2D eigenvalue weighted by molar-refractivity contribution is 0.329. The van der Waals surface area contributed by atoms with Gasteiger partial charge in [0.2, 0.25) is 0 Å². The van der Waals surface area contributed by atoms with Crippen LogP contribution >= 0.6 is 0 Å². The van der Waals surface area contributed by atoms with Crippen LogP contribution in [0.4, 0.5) is 0 Å². The lowest BCUT2D eigenvalue weighted by atomic mass is 10.2. The summed E-state index contributed by atoms with van der Waals surface area (Å²) in [6, 6.07) is 5.43. The van der Waals surface area contributed by atoms with Crippen molar-refractivity contribution in [3.05, 3.63) is 41.1 Å². The van der Waals surface area contributed by atoms with E-state index in [0.717, 1.165) is 0 Å². The number of aromatic amines is 1. The molecular weight excluding hydrogens is 232 g/mol. The molecule has 0 fully saturated rings. The Hall–Kier alpha value is -2.17. The van der Waals surface area contributed by atoms with Gasteiger partial charge in [0.15, 0.2) is 0 Å². The summed E-state index contributed by atoms with van der Waals surface area (Å²) in [6.07, 6.45) is 3.25. The molecule has 0 aliphatic heterocycles. The average molecular weight is 248 g/mol. The maximum Gasteiger partial charge on any atom is 0.330 e. The zero-order chi connectivity index (χ0) is 13.0. The standard InChI is InChI=1S/C13H16N2O3/c1-3-17-10-5-6-12(18-4-2)11(9-10)15-8-7-14-13(15)16/h5-9H,3-4H2,1-2H3,(H,14,16). The van der Waals surface area contributed by atoms with Gasteiger partial charge in [-0.1, -0.05) is 0 Å². The van der Waals surface area contributed by atoms with Crippen LogP contribution in [0.25, 0.3) is 5.69 Å². The first-order valence-corrected chi connectivity index (χ1v) is 5.92. The number of ether oxygens (including phenoxy) is 2. The van der Waals surface area contributed by atoms with Crippen molar-refractivity contribution < 1.29 is 9.47 Å². The second kappa shape index (κ2) is 5.44. The van der Waals surface area contributed by atoms with Gasteiger partial charge in [0.05, 0.1) is 18.9 Å². The molecule has 5 heteroatoms. The van der Waals surface area contributed by atoms with E-state index < -0.39 is 0 Å². The van der Waals surface area contributed by atoms with Gasteiger partial charge >= 0.3 is 5.69 Å². The molecule has 2 aromatic rings. The van der Waals surface area contributed by atoms with Gasteiger partial charge in [-0.25, -0.2) is 4.79 Å². The second-order valence-electron chi connectivity index (χ2n) is 3.63. The van der Waals surface area contributed by atoms with E-state index in [-0.39, 0.29) is 5.69 Å². The van der Waals surface area contributed by atoms with Gasteiger partial charge in [0.1, 0.15) is 11.5 Å². The van der Waals surface area contributed by atoms with Crippen LogP contribution in [0.15, 0.2) is 35.4 Å². The summed E-state index contributed by atoms with van der Waals surface area (Å²) in [6.45, 7) is 4.94. The molecule has 0 bridgehead atoms. The number of rotatable bonds is 5. The number of hydrogen-bond acceptors (Lipinski definition) is 3. The predicted molar refractivity (Wildman–Crippen MR) is 68.7 cm³/mol. The zero-order valence-corrected chi connectivity index (χ0v) is 10.5. The Bertz CT molecular complexity index is 572. The molecule has 0 unspecified atom stereocenters. The Morgan fingerprint density at radius 3 is 2.61 bits per heavy atom. The molecule has 0 aliphatic rings. The van der Waals surface area contributed by atoms with E-state index in [4.69, 9.17) is 9.47 Å². The van der Waals surface area contributed by atoms with Crippen molar-refractivity contribution in [2.24, 2.45) is 0 Å². The fourth-order valence-corrected chi connectivity index (χ4v) is 1.73. The topological polar surface area (TPSA) is 56.2 Å². The molecule has 1 aromatic heterocycles. The number of nitrogens with zero attached hydrogens (tertiary/aromatic N) is 1. The van der Waals surface area contributed by atoms with Crippen LogP contribution in [0.3, 0.4) is 0 Å². The van der Waals surface area contributed by atoms with Crippen molar-refractivity contribution in [2.75, 3.05) is 13.2 Å². The average Bonchev–Trinajstić information content (AvgIpc) is 2.78. The summed E-state index contributed by atoms with van der Waals surface area (Å²) in [7, 11) is 0. The van der Waals surface area contributed by atoms with Crippen molar-refractivity contribution in [3.63, 3.8) is 0 Å². The van der Waals surface area contributed by atoms with Crippen LogP contribution in [0, 0.1) is 0 Å². The highest BCUT2D eigenvalue weighted by Gasteiger charge is 2.09. The summed E-state index contributed by atoms with van der Waals surface area (Å²) < 4.78 is 12.4. The summed E-state index contributed by atoms with van der Waals surface area (Å²) in [5.74, 6) is 1.37. The summed E-state index contributed by atoms with van der Waals surface area (Å²) in [5, 5.41) is 0. The third kappa shape index (κ3) is 2.40. The molecule has 5 nitrogen and oxygen atoms in total. The summed E-state index contributed by atoms with van der Waals surface area (Å²) in [4.78, 5) is 14.3. The second-order valence-corrected chi connectivity index (χ2v) is 3.63. The molecule has 0 amide bonds. The molecule has 0 saturated heterocycles. The van der Waals surface area contributed by atoms with Gasteiger partial charge in [-0.15, -0.1) is 0 Å². The smallest absolute Gasteiger partial charge is 0.330 e. The van der Waals surface area contributed by atoms with Crippen LogP contribution in [0.2, 0.25) is 0 Å². The third-order valence-electron chi connectivity index (χ3n) is 2.45. The van der Waals surface area contributed by atoms with Crippen molar-refractivity contribution in [2.45, 2.75) is 13.8 Å². The van der Waals surface area contributed by atoms with Gasteiger partial charge < -0.3 is 14.5 Å². The van der Waals surface area contributed by atoms with Crippen LogP contribution < -0.4 is 15.2 Å². The number of nitrogens with one attached hydrogen (secondary N) is 1. The molecule has 0 spiro atoms. The predicted octanol–water partition coefficient (Wildman–Crippen LogP) is 1.96. The molecular formula is C13H16N2O3. The Morgan fingerprint density at radius 1 is 1.22 bits per heavy atom. The van der Waals surface area contributed by atoms with E-state index in [2.05, 4.69) is 4.98 Å². The van der Waals surface area contributed by atoms with Crippen molar-refractivity contribution in [1.29, 1.82) is 0 Å². The molecule has 0 atom stereocenters. The van der Waals surface area contributed by atoms with E-state index in [1.807, 2.05) is 26.0 Å². The van der Waals surface area contributed by atoms with Gasteiger partial charge in [-0.2, -0.15) is 0 Å². The van der Waals surface area contributed by atoms with E-state index in [9.17, 15) is 4.79 Å². The zero-order valence-electron chi connectivity index (χ0n) is 10.5. The van der Waals surface area contributed by atoms with E-state index in [1.54, 1.807) is 18.5 Å². The minimum Gasteiger partial charge on any atom is -0.494 e. The SMILES string of the molecule is CCOc1ccc(OCC)c(-n2cc[nH]c2=O)c1. The summed E-state index contributed by atoms with van der Waals surface area (Å²) >= 11 is 0. The Labute approximate surface area is 105 Å². The van der Waals surface area contributed by atoms with Crippen molar-refractivity contribution >= 4 is 0 Å². The van der Waals surface area contributed by atoms with Crippen LogP contribution in [-0.4, -0.2) is 22.8 Å². The molecule has 1 N–H and O–H groups in total. The molecule has 2 rings (SSSR count). The number of aromatic nitrogens is 2. The Balaban J connectivity index is 2.50. The molecule has 96 valence electrons.